The molecule has 3 atom stereocenters. The Labute approximate surface area is 89.5 Å². The third-order valence-electron chi connectivity index (χ3n) is 4.96. The van der Waals surface area contributed by atoms with Gasteiger partial charge in [-0.3, -0.25) is 0 Å². The molecule has 2 rings (SSSR count). The van der Waals surface area contributed by atoms with Crippen LogP contribution in [0.15, 0.2) is 0 Å². The van der Waals surface area contributed by atoms with E-state index in [9.17, 15) is 0 Å². The molecule has 2 aliphatic rings. The van der Waals surface area contributed by atoms with Gasteiger partial charge in [0.1, 0.15) is 0 Å². The molecule has 0 spiro atoms. The van der Waals surface area contributed by atoms with Gasteiger partial charge in [0.05, 0.1) is 0 Å². The van der Waals surface area contributed by atoms with E-state index in [2.05, 4.69) is 13.8 Å². The number of hydrogen-bond acceptors (Lipinski definition) is 0. The van der Waals surface area contributed by atoms with Gasteiger partial charge >= 0.3 is 0 Å². The number of hydrogen-bond donors (Lipinski definition) is 0. The molecular weight excluding hydrogens is 168 g/mol. The highest BCUT2D eigenvalue weighted by molar-refractivity contribution is 4.81. The highest BCUT2D eigenvalue weighted by atomic mass is 14.4. The van der Waals surface area contributed by atoms with Crippen molar-refractivity contribution in [2.75, 3.05) is 0 Å². The Morgan fingerprint density at radius 1 is 0.643 bits per heavy atom. The Bertz CT molecular complexity index is 167. The van der Waals surface area contributed by atoms with Gasteiger partial charge in [-0.1, -0.05) is 52.4 Å². The molecule has 14 heavy (non-hydrogen) atoms. The third-order valence-corrected chi connectivity index (χ3v) is 4.96. The van der Waals surface area contributed by atoms with Crippen LogP contribution >= 0.6 is 0 Å². The maximum Gasteiger partial charge on any atom is -0.0383 e. The van der Waals surface area contributed by atoms with Crippen molar-refractivity contribution in [1.82, 2.24) is 0 Å². The molecule has 0 saturated heterocycles. The smallest absolute Gasteiger partial charge is 0.0383 e. The van der Waals surface area contributed by atoms with Gasteiger partial charge in [0.2, 0.25) is 0 Å². The second kappa shape index (κ2) is 4.68. The molecule has 0 aromatic heterocycles. The molecule has 0 bridgehead atoms. The maximum absolute atomic E-state index is 2.47. The highest BCUT2D eigenvalue weighted by Gasteiger charge is 2.30. The van der Waals surface area contributed by atoms with E-state index in [1.54, 1.807) is 12.8 Å². The van der Waals surface area contributed by atoms with Gasteiger partial charge < -0.3 is 0 Å². The maximum atomic E-state index is 2.47. The fourth-order valence-electron chi connectivity index (χ4n) is 3.62. The average molecular weight is 194 g/mol. The van der Waals surface area contributed by atoms with E-state index >= 15 is 0 Å². The summed E-state index contributed by atoms with van der Waals surface area (Å²) in [6.45, 7) is 4.92. The van der Waals surface area contributed by atoms with Gasteiger partial charge in [-0.15, -0.1) is 0 Å². The summed E-state index contributed by atoms with van der Waals surface area (Å²) in [4.78, 5) is 0. The van der Waals surface area contributed by atoms with E-state index in [0.29, 0.717) is 0 Å². The van der Waals surface area contributed by atoms with Crippen molar-refractivity contribution in [2.24, 2.45) is 23.7 Å². The second-order valence-electron chi connectivity index (χ2n) is 5.93. The zero-order chi connectivity index (χ0) is 9.97. The molecule has 2 saturated carbocycles. The van der Waals surface area contributed by atoms with Crippen molar-refractivity contribution in [1.29, 1.82) is 0 Å². The molecule has 82 valence electrons. The molecule has 2 aliphatic carbocycles. The van der Waals surface area contributed by atoms with Crippen LogP contribution in [0.2, 0.25) is 0 Å². The molecule has 0 aliphatic heterocycles. The summed E-state index contributed by atoms with van der Waals surface area (Å²) in [7, 11) is 0. The fraction of sp³-hybridized carbons (Fsp3) is 1.00. The minimum absolute atomic E-state index is 0.995. The summed E-state index contributed by atoms with van der Waals surface area (Å²) in [6.07, 6.45) is 12.2. The molecule has 0 amide bonds. The SMILES string of the molecule is CC1CC(C2CCCCC2)CC[C@H]1C. The van der Waals surface area contributed by atoms with Crippen LogP contribution in [-0.2, 0) is 0 Å². The van der Waals surface area contributed by atoms with E-state index in [-0.39, 0.29) is 0 Å². The lowest BCUT2D eigenvalue weighted by Gasteiger charge is -2.38. The van der Waals surface area contributed by atoms with Gasteiger partial charge in [0.15, 0.2) is 0 Å². The van der Waals surface area contributed by atoms with E-state index in [1.165, 1.54) is 38.5 Å². The van der Waals surface area contributed by atoms with Crippen LogP contribution in [0.1, 0.15) is 65.2 Å². The van der Waals surface area contributed by atoms with Crippen LogP contribution in [0.5, 0.6) is 0 Å². The first-order chi connectivity index (χ1) is 6.77. The van der Waals surface area contributed by atoms with Crippen LogP contribution < -0.4 is 0 Å². The first-order valence-corrected chi connectivity index (χ1v) is 6.77. The van der Waals surface area contributed by atoms with Crippen molar-refractivity contribution in [2.45, 2.75) is 65.2 Å². The molecule has 0 N–H and O–H groups in total. The third kappa shape index (κ3) is 2.32. The molecule has 0 nitrogen and oxygen atoms in total. The summed E-state index contributed by atoms with van der Waals surface area (Å²) in [5.74, 6) is 4.20. The normalized spacial score (nSPS) is 41.1. The predicted octanol–water partition coefficient (Wildman–Crippen LogP) is 4.64. The fourth-order valence-corrected chi connectivity index (χ4v) is 3.62. The van der Waals surface area contributed by atoms with Gasteiger partial charge in [-0.2, -0.15) is 0 Å². The molecule has 0 radical (unpaired) electrons. The molecule has 0 heteroatoms. The summed E-state index contributed by atoms with van der Waals surface area (Å²) in [5, 5.41) is 0. The number of rotatable bonds is 1. The largest absolute Gasteiger partial charge is 0.0623 e. The van der Waals surface area contributed by atoms with Crippen molar-refractivity contribution in [3.8, 4) is 0 Å². The summed E-state index contributed by atoms with van der Waals surface area (Å²) in [6, 6.07) is 0. The summed E-state index contributed by atoms with van der Waals surface area (Å²) >= 11 is 0. The van der Waals surface area contributed by atoms with E-state index in [0.717, 1.165) is 23.7 Å². The van der Waals surface area contributed by atoms with Crippen molar-refractivity contribution in [3.63, 3.8) is 0 Å². The zero-order valence-corrected chi connectivity index (χ0v) is 9.97. The van der Waals surface area contributed by atoms with Crippen LogP contribution in [0.25, 0.3) is 0 Å². The molecule has 0 aromatic carbocycles. The Morgan fingerprint density at radius 3 is 2.00 bits per heavy atom. The van der Waals surface area contributed by atoms with Gasteiger partial charge in [-0.25, -0.2) is 0 Å². The van der Waals surface area contributed by atoms with Crippen LogP contribution in [-0.4, -0.2) is 0 Å². The summed E-state index contributed by atoms with van der Waals surface area (Å²) < 4.78 is 0. The van der Waals surface area contributed by atoms with Crippen molar-refractivity contribution < 1.29 is 0 Å². The van der Waals surface area contributed by atoms with Gasteiger partial charge in [0.25, 0.3) is 0 Å². The predicted molar refractivity (Wildman–Crippen MR) is 62.2 cm³/mol. The molecule has 0 heterocycles. The minimum Gasteiger partial charge on any atom is -0.0623 e. The molecule has 0 aromatic rings. The highest BCUT2D eigenvalue weighted by Crippen LogP contribution is 2.41. The van der Waals surface area contributed by atoms with Crippen LogP contribution in [0.4, 0.5) is 0 Å². The Kier molecular flexibility index (Phi) is 3.52. The Hall–Kier alpha value is 0. The second-order valence-corrected chi connectivity index (χ2v) is 5.93. The van der Waals surface area contributed by atoms with Gasteiger partial charge in [-0.05, 0) is 36.5 Å². The minimum atomic E-state index is 0.995. The molecule has 2 fully saturated rings. The van der Waals surface area contributed by atoms with Crippen molar-refractivity contribution >= 4 is 0 Å². The van der Waals surface area contributed by atoms with E-state index in [1.807, 2.05) is 0 Å². The summed E-state index contributed by atoms with van der Waals surface area (Å²) in [5.41, 5.74) is 0. The molecular formula is C14H26. The zero-order valence-electron chi connectivity index (χ0n) is 9.97. The van der Waals surface area contributed by atoms with Crippen molar-refractivity contribution in [3.05, 3.63) is 0 Å². The first kappa shape index (κ1) is 10.5. The standard InChI is InChI=1S/C14H26/c1-11-8-9-14(10-12(11)2)13-6-4-3-5-7-13/h11-14H,3-10H2,1-2H3/t11-,12?,14?/m1/s1. The monoisotopic (exact) mass is 194 g/mol. The van der Waals surface area contributed by atoms with E-state index in [4.69, 9.17) is 0 Å². The molecule has 2 unspecified atom stereocenters. The lowest BCUT2D eigenvalue weighted by molar-refractivity contribution is 0.131. The Morgan fingerprint density at radius 2 is 1.36 bits per heavy atom. The van der Waals surface area contributed by atoms with Gasteiger partial charge in [0, 0.05) is 0 Å². The first-order valence-electron chi connectivity index (χ1n) is 6.77. The quantitative estimate of drug-likeness (QED) is 0.570. The lowest BCUT2D eigenvalue weighted by atomic mass is 9.68. The average Bonchev–Trinajstić information content (AvgIpc) is 2.23. The topological polar surface area (TPSA) is 0 Å². The van der Waals surface area contributed by atoms with E-state index < -0.39 is 0 Å². The Balaban J connectivity index is 1.85. The van der Waals surface area contributed by atoms with Crippen LogP contribution in [0.3, 0.4) is 0 Å². The van der Waals surface area contributed by atoms with Crippen LogP contribution in [0, 0.1) is 23.7 Å². The lowest BCUT2D eigenvalue weighted by Crippen LogP contribution is -2.27.